The normalized spacial score (nSPS) is 14.5. The summed E-state index contributed by atoms with van der Waals surface area (Å²) in [6.45, 7) is 3.44. The number of carbonyl (C=O) groups excluding carboxylic acids is 2. The number of halogens is 1. The Kier molecular flexibility index (Phi) is 11.0. The van der Waals surface area contributed by atoms with Crippen LogP contribution >= 0.6 is 15.9 Å². The molecule has 1 unspecified atom stereocenters. The zero-order valence-electron chi connectivity index (χ0n) is 24.0. The number of hydrogen-bond acceptors (Lipinski definition) is 5. The minimum absolute atomic E-state index is 0.0478. The van der Waals surface area contributed by atoms with Crippen molar-refractivity contribution in [3.63, 3.8) is 0 Å². The first-order chi connectivity index (χ1) is 20.2. The SMILES string of the molecule is CCOc1ccccc1N(CC(=O)N(Cc1ccc(Br)cc1)C(C)C(=O)NC1CCCCC1)S(=O)(=O)c1ccccc1. The average molecular weight is 657 g/mol. The summed E-state index contributed by atoms with van der Waals surface area (Å²) >= 11 is 3.44. The van der Waals surface area contributed by atoms with Gasteiger partial charge in [-0.2, -0.15) is 0 Å². The number of benzene rings is 3. The van der Waals surface area contributed by atoms with Gasteiger partial charge in [0, 0.05) is 17.1 Å². The van der Waals surface area contributed by atoms with Crippen LogP contribution in [0.15, 0.2) is 88.2 Å². The highest BCUT2D eigenvalue weighted by Gasteiger charge is 2.34. The predicted octanol–water partition coefficient (Wildman–Crippen LogP) is 5.91. The van der Waals surface area contributed by atoms with Gasteiger partial charge in [0.15, 0.2) is 0 Å². The molecule has 1 aliphatic carbocycles. The van der Waals surface area contributed by atoms with Gasteiger partial charge in [-0.15, -0.1) is 0 Å². The molecule has 1 atom stereocenters. The molecule has 1 aliphatic rings. The minimum Gasteiger partial charge on any atom is -0.492 e. The lowest BCUT2D eigenvalue weighted by atomic mass is 9.95. The topological polar surface area (TPSA) is 96.0 Å². The third kappa shape index (κ3) is 7.92. The van der Waals surface area contributed by atoms with Crippen molar-refractivity contribution in [2.45, 2.75) is 69.5 Å². The van der Waals surface area contributed by atoms with Gasteiger partial charge in [0.1, 0.15) is 18.3 Å². The van der Waals surface area contributed by atoms with Crippen LogP contribution in [0.5, 0.6) is 5.75 Å². The number of carbonyl (C=O) groups is 2. The molecule has 8 nitrogen and oxygen atoms in total. The van der Waals surface area contributed by atoms with Crippen molar-refractivity contribution < 1.29 is 22.7 Å². The molecule has 42 heavy (non-hydrogen) atoms. The van der Waals surface area contributed by atoms with E-state index >= 15 is 0 Å². The van der Waals surface area contributed by atoms with Crippen LogP contribution in [0.4, 0.5) is 5.69 Å². The number of nitrogens with one attached hydrogen (secondary N) is 1. The summed E-state index contributed by atoms with van der Waals surface area (Å²) in [7, 11) is -4.17. The van der Waals surface area contributed by atoms with E-state index in [0.29, 0.717) is 12.4 Å². The summed E-state index contributed by atoms with van der Waals surface area (Å²) in [6.07, 6.45) is 5.11. The van der Waals surface area contributed by atoms with Crippen molar-refractivity contribution in [1.29, 1.82) is 0 Å². The summed E-state index contributed by atoms with van der Waals surface area (Å²) in [6, 6.07) is 21.5. The fourth-order valence-corrected chi connectivity index (χ4v) is 6.82. The van der Waals surface area contributed by atoms with Crippen LogP contribution in [-0.2, 0) is 26.2 Å². The molecule has 0 heterocycles. The number of para-hydroxylation sites is 2. The largest absolute Gasteiger partial charge is 0.492 e. The number of rotatable bonds is 12. The van der Waals surface area contributed by atoms with E-state index in [9.17, 15) is 18.0 Å². The summed E-state index contributed by atoms with van der Waals surface area (Å²) in [5.74, 6) is -0.413. The summed E-state index contributed by atoms with van der Waals surface area (Å²) < 4.78 is 35.8. The van der Waals surface area contributed by atoms with E-state index in [1.165, 1.54) is 17.0 Å². The third-order valence-electron chi connectivity index (χ3n) is 7.43. The van der Waals surface area contributed by atoms with Gasteiger partial charge in [0.2, 0.25) is 11.8 Å². The molecule has 0 aliphatic heterocycles. The lowest BCUT2D eigenvalue weighted by Crippen LogP contribution is -2.53. The molecule has 0 bridgehead atoms. The van der Waals surface area contributed by atoms with Gasteiger partial charge in [0.25, 0.3) is 10.0 Å². The predicted molar refractivity (Wildman–Crippen MR) is 168 cm³/mol. The number of anilines is 1. The molecule has 1 saturated carbocycles. The molecule has 4 rings (SSSR count). The van der Waals surface area contributed by atoms with Gasteiger partial charge in [-0.25, -0.2) is 8.42 Å². The van der Waals surface area contributed by atoms with Crippen LogP contribution < -0.4 is 14.4 Å². The molecule has 224 valence electrons. The van der Waals surface area contributed by atoms with Crippen molar-refractivity contribution in [1.82, 2.24) is 10.2 Å². The van der Waals surface area contributed by atoms with E-state index in [0.717, 1.165) is 46.4 Å². The van der Waals surface area contributed by atoms with Gasteiger partial charge in [-0.1, -0.05) is 77.7 Å². The molecule has 2 amide bonds. The van der Waals surface area contributed by atoms with Gasteiger partial charge < -0.3 is 15.0 Å². The van der Waals surface area contributed by atoms with Gasteiger partial charge in [-0.05, 0) is 68.7 Å². The first-order valence-electron chi connectivity index (χ1n) is 14.3. The molecule has 10 heteroatoms. The lowest BCUT2D eigenvalue weighted by Gasteiger charge is -2.33. The Bertz CT molecular complexity index is 1440. The Morgan fingerprint density at radius 3 is 2.26 bits per heavy atom. The quantitative estimate of drug-likeness (QED) is 0.262. The fraction of sp³-hybridized carbons (Fsp3) is 0.375. The molecular formula is C32H38BrN3O5S. The molecule has 0 saturated heterocycles. The molecule has 0 radical (unpaired) electrons. The maximum atomic E-state index is 14.2. The first-order valence-corrected chi connectivity index (χ1v) is 16.6. The zero-order chi connectivity index (χ0) is 30.1. The number of amides is 2. The Labute approximate surface area is 257 Å². The van der Waals surface area contributed by atoms with E-state index in [2.05, 4.69) is 21.2 Å². The summed E-state index contributed by atoms with van der Waals surface area (Å²) in [4.78, 5) is 29.1. The van der Waals surface area contributed by atoms with Crippen molar-refractivity contribution in [2.75, 3.05) is 17.5 Å². The molecule has 1 N–H and O–H groups in total. The lowest BCUT2D eigenvalue weighted by molar-refractivity contribution is -0.139. The van der Waals surface area contributed by atoms with E-state index in [-0.39, 0.29) is 29.1 Å². The van der Waals surface area contributed by atoms with Gasteiger partial charge in [-0.3, -0.25) is 13.9 Å². The molecule has 0 aromatic heterocycles. The van der Waals surface area contributed by atoms with Crippen LogP contribution in [0.3, 0.4) is 0 Å². The van der Waals surface area contributed by atoms with Crippen molar-refractivity contribution in [2.24, 2.45) is 0 Å². The maximum absolute atomic E-state index is 14.2. The molecule has 1 fully saturated rings. The van der Waals surface area contributed by atoms with Crippen molar-refractivity contribution >= 4 is 43.5 Å². The zero-order valence-corrected chi connectivity index (χ0v) is 26.4. The Morgan fingerprint density at radius 2 is 1.60 bits per heavy atom. The molecule has 0 spiro atoms. The Morgan fingerprint density at radius 1 is 0.952 bits per heavy atom. The third-order valence-corrected chi connectivity index (χ3v) is 9.73. The number of hydrogen-bond donors (Lipinski definition) is 1. The van der Waals surface area contributed by atoms with Crippen LogP contribution in [-0.4, -0.2) is 50.4 Å². The Hall–Kier alpha value is -3.37. The Balaban J connectivity index is 1.70. The average Bonchev–Trinajstić information content (AvgIpc) is 3.00. The standard InChI is InChI=1S/C32H38BrN3O5S/c1-3-41-30-17-11-10-16-29(30)36(42(39,40)28-14-8-5-9-15-28)23-31(37)35(22-25-18-20-26(33)21-19-25)24(2)32(38)34-27-12-6-4-7-13-27/h5,8-11,14-21,24,27H,3-4,6-7,12-13,22-23H2,1-2H3,(H,34,38). The number of nitrogens with zero attached hydrogens (tertiary/aromatic N) is 2. The maximum Gasteiger partial charge on any atom is 0.264 e. The van der Waals surface area contributed by atoms with E-state index in [4.69, 9.17) is 4.74 Å². The van der Waals surface area contributed by atoms with Crippen LogP contribution in [0.1, 0.15) is 51.5 Å². The van der Waals surface area contributed by atoms with E-state index < -0.39 is 28.5 Å². The van der Waals surface area contributed by atoms with E-state index in [1.54, 1.807) is 49.4 Å². The van der Waals surface area contributed by atoms with Crippen LogP contribution in [0, 0.1) is 0 Å². The van der Waals surface area contributed by atoms with Crippen molar-refractivity contribution in [3.05, 3.63) is 88.9 Å². The van der Waals surface area contributed by atoms with Crippen LogP contribution in [0.2, 0.25) is 0 Å². The smallest absolute Gasteiger partial charge is 0.264 e. The fourth-order valence-electron chi connectivity index (χ4n) is 5.11. The number of sulfonamides is 1. The highest BCUT2D eigenvalue weighted by Crippen LogP contribution is 2.33. The van der Waals surface area contributed by atoms with Crippen LogP contribution in [0.25, 0.3) is 0 Å². The minimum atomic E-state index is -4.17. The van der Waals surface area contributed by atoms with Gasteiger partial charge >= 0.3 is 0 Å². The summed E-state index contributed by atoms with van der Waals surface area (Å²) in [5, 5.41) is 3.12. The highest BCUT2D eigenvalue weighted by molar-refractivity contribution is 9.10. The first kappa shape index (κ1) is 31.6. The molecule has 3 aromatic rings. The highest BCUT2D eigenvalue weighted by atomic mass is 79.9. The molecular weight excluding hydrogens is 618 g/mol. The molecule has 3 aromatic carbocycles. The van der Waals surface area contributed by atoms with Crippen molar-refractivity contribution in [3.8, 4) is 5.75 Å². The summed E-state index contributed by atoms with van der Waals surface area (Å²) in [5.41, 5.74) is 1.07. The second-order valence-electron chi connectivity index (χ2n) is 10.4. The van der Waals surface area contributed by atoms with Gasteiger partial charge in [0.05, 0.1) is 17.2 Å². The second-order valence-corrected chi connectivity index (χ2v) is 13.2. The monoisotopic (exact) mass is 655 g/mol. The second kappa shape index (κ2) is 14.7. The van der Waals surface area contributed by atoms with E-state index in [1.807, 2.05) is 31.2 Å². The number of ether oxygens (including phenoxy) is 1.